The van der Waals surface area contributed by atoms with E-state index in [1.807, 2.05) is 24.0 Å². The van der Waals surface area contributed by atoms with Crippen LogP contribution in [0.15, 0.2) is 23.2 Å². The Labute approximate surface area is 196 Å². The third-order valence-corrected chi connectivity index (χ3v) is 5.36. The molecule has 0 saturated carbocycles. The van der Waals surface area contributed by atoms with Crippen LogP contribution in [0.1, 0.15) is 19.4 Å². The van der Waals surface area contributed by atoms with E-state index in [0.717, 1.165) is 64.0 Å². The zero-order valence-corrected chi connectivity index (χ0v) is 20.4. The summed E-state index contributed by atoms with van der Waals surface area (Å²) < 4.78 is 25.4. The summed E-state index contributed by atoms with van der Waals surface area (Å²) in [5, 5.41) is 6.67. The van der Waals surface area contributed by atoms with Gasteiger partial charge >= 0.3 is 0 Å². The van der Waals surface area contributed by atoms with E-state index in [2.05, 4.69) is 27.4 Å². The van der Waals surface area contributed by atoms with Gasteiger partial charge in [0, 0.05) is 45.3 Å². The first-order valence-electron chi connectivity index (χ1n) is 10.6. The zero-order valence-electron chi connectivity index (χ0n) is 18.0. The molecular formula is C21H35FIN5O2. The van der Waals surface area contributed by atoms with E-state index in [9.17, 15) is 4.39 Å². The summed E-state index contributed by atoms with van der Waals surface area (Å²) >= 11 is 0. The number of guanidine groups is 1. The van der Waals surface area contributed by atoms with Crippen molar-refractivity contribution in [3.05, 3.63) is 29.6 Å². The van der Waals surface area contributed by atoms with Crippen LogP contribution < -0.4 is 15.5 Å². The summed E-state index contributed by atoms with van der Waals surface area (Å²) in [4.78, 5) is 9.08. The van der Waals surface area contributed by atoms with Crippen LogP contribution in [0, 0.1) is 5.82 Å². The molecule has 1 atom stereocenters. The van der Waals surface area contributed by atoms with Crippen LogP contribution in [-0.4, -0.2) is 82.6 Å². The molecule has 0 aliphatic carbocycles. The average molecular weight is 535 g/mol. The summed E-state index contributed by atoms with van der Waals surface area (Å²) in [7, 11) is 0. The Morgan fingerprint density at radius 3 is 2.40 bits per heavy atom. The number of halogens is 2. The Hall–Kier alpha value is -1.17. The highest BCUT2D eigenvalue weighted by Crippen LogP contribution is 2.22. The molecule has 9 heteroatoms. The van der Waals surface area contributed by atoms with E-state index in [1.54, 1.807) is 6.07 Å². The fraction of sp³-hybridized carbons (Fsp3) is 0.667. The SMILES string of the molecule is CCNC(=NCc1ccc(N2CCOCC2)c(F)c1)NCC(C)N1CCOCC1.I. The van der Waals surface area contributed by atoms with E-state index in [4.69, 9.17) is 9.47 Å². The topological polar surface area (TPSA) is 61.4 Å². The highest BCUT2D eigenvalue weighted by molar-refractivity contribution is 14.0. The summed E-state index contributed by atoms with van der Waals surface area (Å²) in [6, 6.07) is 5.80. The van der Waals surface area contributed by atoms with Crippen molar-refractivity contribution in [1.29, 1.82) is 0 Å². The number of benzene rings is 1. The van der Waals surface area contributed by atoms with E-state index < -0.39 is 0 Å². The maximum Gasteiger partial charge on any atom is 0.191 e. The lowest BCUT2D eigenvalue weighted by Gasteiger charge is -2.32. The predicted molar refractivity (Wildman–Crippen MR) is 130 cm³/mol. The molecule has 0 spiro atoms. The molecule has 2 saturated heterocycles. The number of anilines is 1. The van der Waals surface area contributed by atoms with E-state index in [1.165, 1.54) is 0 Å². The van der Waals surface area contributed by atoms with Gasteiger partial charge in [-0.25, -0.2) is 9.38 Å². The molecule has 30 heavy (non-hydrogen) atoms. The van der Waals surface area contributed by atoms with Crippen LogP contribution in [-0.2, 0) is 16.0 Å². The maximum atomic E-state index is 14.6. The van der Waals surface area contributed by atoms with Crippen molar-refractivity contribution >= 4 is 35.6 Å². The van der Waals surface area contributed by atoms with Crippen LogP contribution in [0.4, 0.5) is 10.1 Å². The third kappa shape index (κ3) is 7.51. The van der Waals surface area contributed by atoms with E-state index in [-0.39, 0.29) is 29.8 Å². The Morgan fingerprint density at radius 1 is 1.10 bits per heavy atom. The van der Waals surface area contributed by atoms with Crippen molar-refractivity contribution in [3.63, 3.8) is 0 Å². The standard InChI is InChI=1S/C21H34FN5O2.HI/c1-3-23-21(24-15-17(2)26-6-10-28-11-7-26)25-16-18-4-5-20(19(22)14-18)27-8-12-29-13-9-27;/h4-5,14,17H,3,6-13,15-16H2,1-2H3,(H2,23,24,25);1H. The van der Waals surface area contributed by atoms with Gasteiger partial charge in [0.1, 0.15) is 5.82 Å². The molecule has 1 aromatic rings. The van der Waals surface area contributed by atoms with Gasteiger partial charge in [-0.15, -0.1) is 24.0 Å². The third-order valence-electron chi connectivity index (χ3n) is 5.36. The summed E-state index contributed by atoms with van der Waals surface area (Å²) in [5.74, 6) is 0.559. The number of ether oxygens (including phenoxy) is 2. The lowest BCUT2D eigenvalue weighted by molar-refractivity contribution is 0.0211. The first-order chi connectivity index (χ1) is 14.2. The molecule has 0 radical (unpaired) electrons. The molecule has 1 aromatic carbocycles. The molecule has 2 aliphatic rings. The van der Waals surface area contributed by atoms with Crippen LogP contribution in [0.25, 0.3) is 0 Å². The average Bonchev–Trinajstić information content (AvgIpc) is 2.76. The number of nitrogens with one attached hydrogen (secondary N) is 2. The second-order valence-corrected chi connectivity index (χ2v) is 7.46. The molecule has 0 bridgehead atoms. The highest BCUT2D eigenvalue weighted by Gasteiger charge is 2.17. The molecule has 0 aromatic heterocycles. The molecule has 2 fully saturated rings. The molecule has 170 valence electrons. The van der Waals surface area contributed by atoms with Gasteiger partial charge in [-0.3, -0.25) is 4.90 Å². The van der Waals surface area contributed by atoms with Gasteiger partial charge in [0.25, 0.3) is 0 Å². The van der Waals surface area contributed by atoms with Crippen LogP contribution >= 0.6 is 24.0 Å². The Morgan fingerprint density at radius 2 is 1.77 bits per heavy atom. The molecule has 7 nitrogen and oxygen atoms in total. The summed E-state index contributed by atoms with van der Waals surface area (Å²) in [6.45, 7) is 12.5. The molecule has 2 aliphatic heterocycles. The Balaban J connectivity index is 0.00000320. The van der Waals surface area contributed by atoms with Crippen LogP contribution in [0.2, 0.25) is 0 Å². The van der Waals surface area contributed by atoms with Crippen molar-refractivity contribution < 1.29 is 13.9 Å². The van der Waals surface area contributed by atoms with Crippen LogP contribution in [0.5, 0.6) is 0 Å². The van der Waals surface area contributed by atoms with Gasteiger partial charge < -0.3 is 25.0 Å². The molecule has 3 rings (SSSR count). The molecule has 2 N–H and O–H groups in total. The summed E-state index contributed by atoms with van der Waals surface area (Å²) in [6.07, 6.45) is 0. The van der Waals surface area contributed by atoms with Crippen molar-refractivity contribution in [2.45, 2.75) is 26.4 Å². The summed E-state index contributed by atoms with van der Waals surface area (Å²) in [5.41, 5.74) is 1.50. The monoisotopic (exact) mass is 535 g/mol. The Bertz CT molecular complexity index is 667. The van der Waals surface area contributed by atoms with E-state index in [0.29, 0.717) is 31.5 Å². The first-order valence-corrected chi connectivity index (χ1v) is 10.6. The second kappa shape index (κ2) is 13.3. The van der Waals surface area contributed by atoms with E-state index >= 15 is 0 Å². The minimum absolute atomic E-state index is 0. The second-order valence-electron chi connectivity index (χ2n) is 7.46. The van der Waals surface area contributed by atoms with Gasteiger partial charge in [-0.1, -0.05) is 6.07 Å². The number of hydrogen-bond acceptors (Lipinski definition) is 5. The fourth-order valence-electron chi connectivity index (χ4n) is 3.61. The van der Waals surface area contributed by atoms with Gasteiger partial charge in [0.2, 0.25) is 0 Å². The van der Waals surface area contributed by atoms with Crippen molar-refractivity contribution in [2.24, 2.45) is 4.99 Å². The first kappa shape index (κ1) is 25.1. The number of hydrogen-bond donors (Lipinski definition) is 2. The van der Waals surface area contributed by atoms with Crippen LogP contribution in [0.3, 0.4) is 0 Å². The van der Waals surface area contributed by atoms with Gasteiger partial charge in [0.15, 0.2) is 5.96 Å². The normalized spacial score (nSPS) is 19.2. The number of nitrogens with zero attached hydrogens (tertiary/aromatic N) is 3. The van der Waals surface area contributed by atoms with Crippen molar-refractivity contribution in [2.75, 3.05) is 70.6 Å². The minimum atomic E-state index is -0.196. The largest absolute Gasteiger partial charge is 0.379 e. The quantitative estimate of drug-likeness (QED) is 0.317. The fourth-order valence-corrected chi connectivity index (χ4v) is 3.61. The molecular weight excluding hydrogens is 500 g/mol. The lowest BCUT2D eigenvalue weighted by atomic mass is 10.1. The van der Waals surface area contributed by atoms with Gasteiger partial charge in [-0.2, -0.15) is 0 Å². The number of rotatable bonds is 7. The molecule has 0 amide bonds. The predicted octanol–water partition coefficient (Wildman–Crippen LogP) is 2.06. The van der Waals surface area contributed by atoms with Crippen molar-refractivity contribution in [3.8, 4) is 0 Å². The number of aliphatic imine (C=N–C) groups is 1. The van der Waals surface area contributed by atoms with Crippen molar-refractivity contribution in [1.82, 2.24) is 15.5 Å². The zero-order chi connectivity index (χ0) is 20.5. The van der Waals surface area contributed by atoms with Gasteiger partial charge in [-0.05, 0) is 31.5 Å². The molecule has 2 heterocycles. The molecule has 1 unspecified atom stereocenters. The minimum Gasteiger partial charge on any atom is -0.379 e. The van der Waals surface area contributed by atoms with Gasteiger partial charge in [0.05, 0.1) is 38.7 Å². The lowest BCUT2D eigenvalue weighted by Crippen LogP contribution is -2.49. The maximum absolute atomic E-state index is 14.6. The number of morpholine rings is 2. The smallest absolute Gasteiger partial charge is 0.191 e. The Kier molecular flexibility index (Phi) is 11.1. The highest BCUT2D eigenvalue weighted by atomic mass is 127.